The summed E-state index contributed by atoms with van der Waals surface area (Å²) in [5.74, 6) is 0.0949. The van der Waals surface area contributed by atoms with Gasteiger partial charge in [-0.3, -0.25) is 0 Å². The summed E-state index contributed by atoms with van der Waals surface area (Å²) in [6.45, 7) is 0. The molecule has 0 atom stereocenters. The van der Waals surface area contributed by atoms with E-state index < -0.39 is 0 Å². The smallest absolute Gasteiger partial charge is 0.314 e. The molecule has 8 nitrogen and oxygen atoms in total. The minimum atomic E-state index is 0.0949. The van der Waals surface area contributed by atoms with Crippen molar-refractivity contribution >= 4 is 17.0 Å². The van der Waals surface area contributed by atoms with Crippen LogP contribution < -0.4 is 10.2 Å². The number of nitrogens with one attached hydrogen (secondary N) is 2. The predicted molar refractivity (Wildman–Crippen MR) is 40.7 cm³/mol. The van der Waals surface area contributed by atoms with Crippen LogP contribution in [-0.2, 0) is 0 Å². The van der Waals surface area contributed by atoms with Crippen molar-refractivity contribution in [2.24, 2.45) is 5.29 Å². The van der Waals surface area contributed by atoms with Crippen molar-refractivity contribution in [3.63, 3.8) is 0 Å². The number of fused-ring (bicyclic) bond motifs is 1. The highest BCUT2D eigenvalue weighted by molar-refractivity contribution is 5.79. The first-order valence-corrected chi connectivity index (χ1v) is 3.34. The third-order valence-electron chi connectivity index (χ3n) is 1.53. The molecule has 2 rings (SSSR count). The van der Waals surface area contributed by atoms with E-state index in [-0.39, 0.29) is 5.82 Å². The summed E-state index contributed by atoms with van der Waals surface area (Å²) in [5.41, 5.74) is 2.87. The highest BCUT2D eigenvalue weighted by Crippen LogP contribution is 2.11. The summed E-state index contributed by atoms with van der Waals surface area (Å²) in [6, 6.07) is 0. The van der Waals surface area contributed by atoms with Gasteiger partial charge in [0, 0.05) is 0 Å². The van der Waals surface area contributed by atoms with Crippen LogP contribution in [0.5, 0.6) is 0 Å². The molecule has 0 aliphatic heterocycles. The zero-order chi connectivity index (χ0) is 9.26. The number of aromatic amines is 1. The maximum atomic E-state index is 9.95. The normalized spacial score (nSPS) is 10.2. The molecule has 0 spiro atoms. The molecule has 2 heterocycles. The van der Waals surface area contributed by atoms with E-state index in [1.807, 2.05) is 0 Å². The molecule has 0 amide bonds. The van der Waals surface area contributed by atoms with Crippen LogP contribution in [0, 0.1) is 4.91 Å². The zero-order valence-corrected chi connectivity index (χ0v) is 6.30. The molecule has 13 heavy (non-hydrogen) atoms. The fraction of sp³-hybridized carbons (Fsp3) is 0. The number of anilines is 1. The lowest BCUT2D eigenvalue weighted by Crippen LogP contribution is -2.33. The minimum absolute atomic E-state index is 0.0949. The number of hydrogen-bond acceptors (Lipinski definition) is 5. The van der Waals surface area contributed by atoms with Crippen molar-refractivity contribution in [1.82, 2.24) is 15.0 Å². The summed E-state index contributed by atoms with van der Waals surface area (Å²) in [4.78, 5) is 20.2. The third-order valence-corrected chi connectivity index (χ3v) is 1.53. The number of imidazole rings is 1. The SMILES string of the molecule is O=NNc1c2[nH]cnc2nc[n+]1O. The lowest BCUT2D eigenvalue weighted by molar-refractivity contribution is -0.894. The Morgan fingerprint density at radius 1 is 1.62 bits per heavy atom. The van der Waals surface area contributed by atoms with Gasteiger partial charge in [-0.05, 0) is 0 Å². The van der Waals surface area contributed by atoms with Crippen molar-refractivity contribution in [3.8, 4) is 0 Å². The number of hydrogen-bond donors (Lipinski definition) is 3. The zero-order valence-electron chi connectivity index (χ0n) is 6.30. The molecule has 8 heteroatoms. The maximum absolute atomic E-state index is 9.95. The third kappa shape index (κ3) is 1.04. The van der Waals surface area contributed by atoms with E-state index in [4.69, 9.17) is 0 Å². The Kier molecular flexibility index (Phi) is 1.51. The van der Waals surface area contributed by atoms with Gasteiger partial charge >= 0.3 is 5.82 Å². The number of nitrogens with zero attached hydrogens (tertiary/aromatic N) is 4. The van der Waals surface area contributed by atoms with E-state index in [0.717, 1.165) is 6.33 Å². The van der Waals surface area contributed by atoms with Crippen LogP contribution in [0.3, 0.4) is 0 Å². The maximum Gasteiger partial charge on any atom is 0.314 e. The van der Waals surface area contributed by atoms with E-state index in [1.165, 1.54) is 6.33 Å². The Morgan fingerprint density at radius 2 is 2.46 bits per heavy atom. The van der Waals surface area contributed by atoms with Crippen LogP contribution in [0.25, 0.3) is 11.2 Å². The second-order valence-electron chi connectivity index (χ2n) is 2.24. The molecule has 0 aromatic carbocycles. The van der Waals surface area contributed by atoms with Crippen LogP contribution in [-0.4, -0.2) is 20.2 Å². The van der Waals surface area contributed by atoms with Crippen LogP contribution in [0.2, 0.25) is 0 Å². The van der Waals surface area contributed by atoms with Crippen LogP contribution in [0.4, 0.5) is 5.82 Å². The summed E-state index contributed by atoms with van der Waals surface area (Å²) in [6.07, 6.45) is 2.50. The Bertz CT molecular complexity index is 451. The standard InChI is InChI=1S/C5H4N6O2/c12-10-9-5-3-4(7-1-6-3)8-2-11(5)13/h1-2,13H,(H,6,7,9,12)/p+1. The van der Waals surface area contributed by atoms with Crippen molar-refractivity contribution in [3.05, 3.63) is 17.6 Å². The number of aromatic nitrogens is 4. The van der Waals surface area contributed by atoms with E-state index >= 15 is 0 Å². The van der Waals surface area contributed by atoms with Crippen LogP contribution in [0.1, 0.15) is 0 Å². The molecule has 0 aliphatic rings. The molecule has 0 aliphatic carbocycles. The van der Waals surface area contributed by atoms with Crippen LogP contribution in [0.15, 0.2) is 17.9 Å². The number of rotatable bonds is 2. The molecule has 0 bridgehead atoms. The van der Waals surface area contributed by atoms with Gasteiger partial charge in [-0.15, -0.1) is 10.3 Å². The highest BCUT2D eigenvalue weighted by atomic mass is 16.5. The van der Waals surface area contributed by atoms with Crippen molar-refractivity contribution in [1.29, 1.82) is 0 Å². The van der Waals surface area contributed by atoms with Crippen molar-refractivity contribution < 1.29 is 9.94 Å². The molecular weight excluding hydrogens is 176 g/mol. The van der Waals surface area contributed by atoms with Crippen molar-refractivity contribution in [2.75, 3.05) is 5.43 Å². The Labute approximate surface area is 71.2 Å². The molecule has 0 saturated heterocycles. The van der Waals surface area contributed by atoms with Gasteiger partial charge in [-0.2, -0.15) is 0 Å². The van der Waals surface area contributed by atoms with Gasteiger partial charge in [0.25, 0.3) is 12.0 Å². The minimum Gasteiger partial charge on any atom is -0.371 e. The Balaban J connectivity index is 2.72. The molecule has 0 fully saturated rings. The van der Waals surface area contributed by atoms with Crippen LogP contribution >= 0.6 is 0 Å². The molecule has 0 unspecified atom stereocenters. The fourth-order valence-corrected chi connectivity index (χ4v) is 0.991. The summed E-state index contributed by atoms with van der Waals surface area (Å²) < 4.78 is 0.641. The average Bonchev–Trinajstić information content (AvgIpc) is 2.58. The van der Waals surface area contributed by atoms with Gasteiger partial charge in [0.1, 0.15) is 5.29 Å². The van der Waals surface area contributed by atoms with E-state index in [0.29, 0.717) is 15.9 Å². The Hall–Kier alpha value is -2.25. The molecule has 66 valence electrons. The molecule has 2 aromatic rings. The first-order chi connectivity index (χ1) is 6.33. The second kappa shape index (κ2) is 2.66. The van der Waals surface area contributed by atoms with Gasteiger partial charge in [0.05, 0.1) is 6.33 Å². The monoisotopic (exact) mass is 181 g/mol. The van der Waals surface area contributed by atoms with E-state index in [2.05, 4.69) is 25.7 Å². The van der Waals surface area contributed by atoms with E-state index in [1.54, 1.807) is 0 Å². The molecule has 3 N–H and O–H groups in total. The molecule has 0 saturated carbocycles. The quantitative estimate of drug-likeness (QED) is 0.252. The lowest BCUT2D eigenvalue weighted by Gasteiger charge is -1.94. The summed E-state index contributed by atoms with van der Waals surface area (Å²) in [7, 11) is 0. The van der Waals surface area contributed by atoms with Gasteiger partial charge < -0.3 is 10.2 Å². The average molecular weight is 181 g/mol. The Morgan fingerprint density at radius 3 is 3.23 bits per heavy atom. The topological polar surface area (TPSA) is 107 Å². The predicted octanol–water partition coefficient (Wildman–Crippen LogP) is -0.424. The number of nitroso groups, excluding NO2 is 1. The van der Waals surface area contributed by atoms with Gasteiger partial charge in [-0.25, -0.2) is 4.98 Å². The second-order valence-corrected chi connectivity index (χ2v) is 2.24. The van der Waals surface area contributed by atoms with Crippen molar-refractivity contribution in [2.45, 2.75) is 0 Å². The van der Waals surface area contributed by atoms with E-state index in [9.17, 15) is 10.1 Å². The molecular formula is C5H5N6O2+. The number of H-pyrrole nitrogens is 1. The fourth-order valence-electron chi connectivity index (χ4n) is 0.991. The van der Waals surface area contributed by atoms with Gasteiger partial charge in [0.2, 0.25) is 0 Å². The molecule has 2 aromatic heterocycles. The summed E-state index contributed by atoms with van der Waals surface area (Å²) in [5, 5.41) is 11.6. The first kappa shape index (κ1) is 7.40. The lowest BCUT2D eigenvalue weighted by atomic mass is 10.5. The largest absolute Gasteiger partial charge is 0.371 e. The van der Waals surface area contributed by atoms with Gasteiger partial charge in [-0.1, -0.05) is 9.71 Å². The molecule has 0 radical (unpaired) electrons. The highest BCUT2D eigenvalue weighted by Gasteiger charge is 2.16. The van der Waals surface area contributed by atoms with Gasteiger partial charge in [0.15, 0.2) is 5.52 Å². The summed E-state index contributed by atoms with van der Waals surface area (Å²) >= 11 is 0. The first-order valence-electron chi connectivity index (χ1n) is 3.34.